The molecule has 0 aliphatic rings. The second-order valence-electron chi connectivity index (χ2n) is 5.19. The van der Waals surface area contributed by atoms with Gasteiger partial charge in [-0.25, -0.2) is 0 Å². The van der Waals surface area contributed by atoms with E-state index < -0.39 is 0 Å². The van der Waals surface area contributed by atoms with Gasteiger partial charge in [0.1, 0.15) is 5.75 Å². The summed E-state index contributed by atoms with van der Waals surface area (Å²) in [7, 11) is 3.22. The lowest BCUT2D eigenvalue weighted by atomic mass is 10.0. The summed E-state index contributed by atoms with van der Waals surface area (Å²) in [5.41, 5.74) is 1.99. The Morgan fingerprint density at radius 3 is 2.48 bits per heavy atom. The third kappa shape index (κ3) is 3.03. The molecule has 0 radical (unpaired) electrons. The van der Waals surface area contributed by atoms with Gasteiger partial charge in [-0.05, 0) is 47.2 Å². The van der Waals surface area contributed by atoms with Crippen molar-refractivity contribution >= 4 is 22.4 Å². The summed E-state index contributed by atoms with van der Waals surface area (Å²) >= 11 is 5.86. The Hall–Kier alpha value is -2.46. The number of pyridine rings is 1. The number of phenols is 1. The van der Waals surface area contributed by atoms with E-state index in [4.69, 9.17) is 21.1 Å². The maximum atomic E-state index is 9.76. The fourth-order valence-corrected chi connectivity index (χ4v) is 2.70. The first-order chi connectivity index (χ1) is 11.1. The van der Waals surface area contributed by atoms with Crippen LogP contribution in [0.1, 0.15) is 11.1 Å². The molecule has 118 valence electrons. The van der Waals surface area contributed by atoms with Gasteiger partial charge in [0.05, 0.1) is 19.2 Å². The second kappa shape index (κ2) is 6.34. The minimum Gasteiger partial charge on any atom is -0.506 e. The maximum absolute atomic E-state index is 9.76. The Morgan fingerprint density at radius 2 is 1.78 bits per heavy atom. The van der Waals surface area contributed by atoms with Gasteiger partial charge in [-0.15, -0.1) is 0 Å². The van der Waals surface area contributed by atoms with Crippen LogP contribution in [0.5, 0.6) is 17.2 Å². The molecule has 0 aliphatic heterocycles. The van der Waals surface area contributed by atoms with Crippen LogP contribution in [0.15, 0.2) is 42.7 Å². The van der Waals surface area contributed by atoms with Crippen molar-refractivity contribution < 1.29 is 14.6 Å². The average Bonchev–Trinajstić information content (AvgIpc) is 2.57. The molecule has 0 bridgehead atoms. The van der Waals surface area contributed by atoms with Gasteiger partial charge >= 0.3 is 0 Å². The minimum atomic E-state index is 0.0802. The Kier molecular flexibility index (Phi) is 4.26. The van der Waals surface area contributed by atoms with Crippen molar-refractivity contribution in [3.63, 3.8) is 0 Å². The number of methoxy groups -OCH3 is 2. The molecule has 23 heavy (non-hydrogen) atoms. The summed E-state index contributed by atoms with van der Waals surface area (Å²) in [6.45, 7) is 0. The number of hydrogen-bond donors (Lipinski definition) is 1. The van der Waals surface area contributed by atoms with Gasteiger partial charge in [-0.2, -0.15) is 0 Å². The molecule has 5 heteroatoms. The molecular weight excluding hydrogens is 314 g/mol. The molecule has 2 aromatic carbocycles. The van der Waals surface area contributed by atoms with Gasteiger partial charge in [0.25, 0.3) is 0 Å². The summed E-state index contributed by atoms with van der Waals surface area (Å²) in [4.78, 5) is 4.29. The van der Waals surface area contributed by atoms with E-state index >= 15 is 0 Å². The van der Waals surface area contributed by atoms with Gasteiger partial charge < -0.3 is 14.6 Å². The maximum Gasteiger partial charge on any atom is 0.161 e. The van der Waals surface area contributed by atoms with Crippen molar-refractivity contribution in [3.8, 4) is 17.2 Å². The summed E-state index contributed by atoms with van der Waals surface area (Å²) < 4.78 is 10.7. The van der Waals surface area contributed by atoms with Crippen molar-refractivity contribution in [2.24, 2.45) is 0 Å². The zero-order chi connectivity index (χ0) is 16.4. The molecule has 0 spiro atoms. The highest BCUT2D eigenvalue weighted by molar-refractivity contribution is 6.32. The van der Waals surface area contributed by atoms with Crippen molar-refractivity contribution in [3.05, 3.63) is 58.9 Å². The van der Waals surface area contributed by atoms with E-state index in [9.17, 15) is 5.11 Å². The van der Waals surface area contributed by atoms with Crippen LogP contribution in [-0.4, -0.2) is 24.3 Å². The fraction of sp³-hybridized carbons (Fsp3) is 0.167. The number of fused-ring (bicyclic) bond motifs is 1. The predicted molar refractivity (Wildman–Crippen MR) is 90.8 cm³/mol. The standard InChI is InChI=1S/C18H16ClNO3/c1-22-17-7-13-10-20-9-12(14(13)8-18(17)23-2)5-11-3-4-15(19)16(21)6-11/h3-4,6-10,21H,5H2,1-2H3. The van der Waals surface area contributed by atoms with Crippen molar-refractivity contribution in [2.75, 3.05) is 14.2 Å². The summed E-state index contributed by atoms with van der Waals surface area (Å²) in [5, 5.41) is 12.1. The van der Waals surface area contributed by atoms with Crippen molar-refractivity contribution in [1.29, 1.82) is 0 Å². The third-order valence-electron chi connectivity index (χ3n) is 3.75. The third-order valence-corrected chi connectivity index (χ3v) is 4.07. The number of ether oxygens (including phenoxy) is 2. The number of benzene rings is 2. The number of rotatable bonds is 4. The molecule has 3 rings (SSSR count). The molecule has 0 fully saturated rings. The largest absolute Gasteiger partial charge is 0.506 e. The molecule has 0 atom stereocenters. The van der Waals surface area contributed by atoms with Crippen LogP contribution in [0.25, 0.3) is 10.8 Å². The molecule has 1 heterocycles. The monoisotopic (exact) mass is 329 g/mol. The van der Waals surface area contributed by atoms with E-state index in [1.807, 2.05) is 24.4 Å². The predicted octanol–water partition coefficient (Wildman–Crippen LogP) is 4.20. The quantitative estimate of drug-likeness (QED) is 0.779. The van der Waals surface area contributed by atoms with Crippen LogP contribution < -0.4 is 9.47 Å². The molecule has 3 aromatic rings. The average molecular weight is 330 g/mol. The first kappa shape index (κ1) is 15.4. The highest BCUT2D eigenvalue weighted by atomic mass is 35.5. The van der Waals surface area contributed by atoms with Crippen LogP contribution in [0.4, 0.5) is 0 Å². The van der Waals surface area contributed by atoms with E-state index in [2.05, 4.69) is 4.98 Å². The zero-order valence-electron chi connectivity index (χ0n) is 12.8. The minimum absolute atomic E-state index is 0.0802. The highest BCUT2D eigenvalue weighted by Gasteiger charge is 2.10. The van der Waals surface area contributed by atoms with E-state index in [1.54, 1.807) is 32.5 Å². The molecular formula is C18H16ClNO3. The fourth-order valence-electron chi connectivity index (χ4n) is 2.59. The normalized spacial score (nSPS) is 10.7. The Labute approximate surface area is 139 Å². The van der Waals surface area contributed by atoms with E-state index in [1.165, 1.54) is 0 Å². The topological polar surface area (TPSA) is 51.6 Å². The van der Waals surface area contributed by atoms with E-state index in [0.29, 0.717) is 22.9 Å². The molecule has 0 saturated carbocycles. The lowest BCUT2D eigenvalue weighted by Crippen LogP contribution is -1.95. The lowest BCUT2D eigenvalue weighted by molar-refractivity contribution is 0.356. The SMILES string of the molecule is COc1cc2cncc(Cc3ccc(Cl)c(O)c3)c2cc1OC. The number of aromatic hydroxyl groups is 1. The Morgan fingerprint density at radius 1 is 1.04 bits per heavy atom. The smallest absolute Gasteiger partial charge is 0.161 e. The summed E-state index contributed by atoms with van der Waals surface area (Å²) in [5.74, 6) is 1.42. The molecule has 0 saturated heterocycles. The van der Waals surface area contributed by atoms with Gasteiger partial charge in [0.15, 0.2) is 11.5 Å². The van der Waals surface area contributed by atoms with Crippen LogP contribution in [0.3, 0.4) is 0 Å². The Bertz CT molecular complexity index is 864. The van der Waals surface area contributed by atoms with Crippen LogP contribution in [0.2, 0.25) is 5.02 Å². The molecule has 0 aliphatic carbocycles. The number of halogens is 1. The van der Waals surface area contributed by atoms with E-state index in [-0.39, 0.29) is 5.75 Å². The number of aromatic nitrogens is 1. The second-order valence-corrected chi connectivity index (χ2v) is 5.60. The number of phenolic OH excluding ortho intramolecular Hbond substituents is 1. The molecule has 0 amide bonds. The van der Waals surface area contributed by atoms with Crippen molar-refractivity contribution in [1.82, 2.24) is 4.98 Å². The van der Waals surface area contributed by atoms with Gasteiger partial charge in [0, 0.05) is 17.8 Å². The van der Waals surface area contributed by atoms with Crippen LogP contribution in [0, 0.1) is 0 Å². The number of hydrogen-bond acceptors (Lipinski definition) is 4. The summed E-state index contributed by atoms with van der Waals surface area (Å²) in [6, 6.07) is 9.10. The highest BCUT2D eigenvalue weighted by Crippen LogP contribution is 2.34. The van der Waals surface area contributed by atoms with Crippen molar-refractivity contribution in [2.45, 2.75) is 6.42 Å². The lowest BCUT2D eigenvalue weighted by Gasteiger charge is -2.12. The molecule has 1 N–H and O–H groups in total. The zero-order valence-corrected chi connectivity index (χ0v) is 13.6. The first-order valence-electron chi connectivity index (χ1n) is 7.08. The van der Waals surface area contributed by atoms with Gasteiger partial charge in [-0.3, -0.25) is 4.98 Å². The van der Waals surface area contributed by atoms with E-state index in [0.717, 1.165) is 21.9 Å². The first-order valence-corrected chi connectivity index (χ1v) is 7.46. The number of nitrogens with zero attached hydrogens (tertiary/aromatic N) is 1. The van der Waals surface area contributed by atoms with Crippen LogP contribution >= 0.6 is 11.6 Å². The van der Waals surface area contributed by atoms with Gasteiger partial charge in [0.2, 0.25) is 0 Å². The molecule has 1 aromatic heterocycles. The summed E-state index contributed by atoms with van der Waals surface area (Å²) in [6.07, 6.45) is 4.24. The van der Waals surface area contributed by atoms with Crippen LogP contribution in [-0.2, 0) is 6.42 Å². The van der Waals surface area contributed by atoms with Gasteiger partial charge in [-0.1, -0.05) is 17.7 Å². The Balaban J connectivity index is 2.08. The molecule has 0 unspecified atom stereocenters. The molecule has 4 nitrogen and oxygen atoms in total.